The van der Waals surface area contributed by atoms with E-state index in [1.807, 2.05) is 0 Å². The summed E-state index contributed by atoms with van der Waals surface area (Å²) in [5.74, 6) is 0.406. The first kappa shape index (κ1) is 18.0. The predicted molar refractivity (Wildman–Crippen MR) is 92.8 cm³/mol. The molecule has 0 radical (unpaired) electrons. The maximum Gasteiger partial charge on any atom is 0.191 e. The number of hydrogen-bond donors (Lipinski definition) is 2. The van der Waals surface area contributed by atoms with Crippen LogP contribution in [0, 0.1) is 5.82 Å². The number of ether oxygens (including phenoxy) is 1. The summed E-state index contributed by atoms with van der Waals surface area (Å²) in [7, 11) is 1.74. The minimum absolute atomic E-state index is 0.258. The fourth-order valence-corrected chi connectivity index (χ4v) is 3.10. The normalized spacial score (nSPS) is 19.0. The van der Waals surface area contributed by atoms with Gasteiger partial charge < -0.3 is 15.4 Å². The van der Waals surface area contributed by atoms with Gasteiger partial charge in [-0.15, -0.1) is 0 Å². The van der Waals surface area contributed by atoms with Gasteiger partial charge in [-0.2, -0.15) is 0 Å². The Morgan fingerprint density at radius 1 is 1.43 bits per heavy atom. The molecule has 128 valence electrons. The average molecular weight is 342 g/mol. The van der Waals surface area contributed by atoms with E-state index in [4.69, 9.17) is 16.3 Å². The summed E-state index contributed by atoms with van der Waals surface area (Å²) in [6, 6.07) is 4.53. The number of guanidine groups is 1. The summed E-state index contributed by atoms with van der Waals surface area (Å²) in [4.78, 5) is 4.23. The van der Waals surface area contributed by atoms with E-state index in [0.717, 1.165) is 37.5 Å². The first-order chi connectivity index (χ1) is 10.9. The van der Waals surface area contributed by atoms with Gasteiger partial charge in [0.2, 0.25) is 0 Å². The molecule has 2 rings (SSSR count). The molecule has 0 amide bonds. The monoisotopic (exact) mass is 341 g/mol. The number of hydrogen-bond acceptors (Lipinski definition) is 2. The van der Waals surface area contributed by atoms with Crippen LogP contribution in [0.2, 0.25) is 5.02 Å². The molecule has 6 heteroatoms. The second kappa shape index (κ2) is 7.97. The van der Waals surface area contributed by atoms with Gasteiger partial charge in [-0.05, 0) is 30.5 Å². The molecule has 0 saturated carbocycles. The molecule has 1 saturated heterocycles. The second-order valence-electron chi connectivity index (χ2n) is 6.45. The van der Waals surface area contributed by atoms with E-state index in [9.17, 15) is 4.39 Å². The lowest BCUT2D eigenvalue weighted by molar-refractivity contribution is 0.114. The van der Waals surface area contributed by atoms with Gasteiger partial charge in [-0.1, -0.05) is 31.5 Å². The minimum atomic E-state index is -0.323. The average Bonchev–Trinajstić information content (AvgIpc) is 3.00. The molecule has 0 aliphatic carbocycles. The molecule has 1 atom stereocenters. The molecule has 1 fully saturated rings. The fourth-order valence-electron chi connectivity index (χ4n) is 2.67. The molecule has 1 aliphatic heterocycles. The van der Waals surface area contributed by atoms with Crippen molar-refractivity contribution in [3.63, 3.8) is 0 Å². The minimum Gasteiger partial charge on any atom is -0.376 e. The Hall–Kier alpha value is -1.33. The van der Waals surface area contributed by atoms with Crippen LogP contribution in [0.3, 0.4) is 0 Å². The number of halogens is 2. The van der Waals surface area contributed by atoms with Crippen LogP contribution >= 0.6 is 11.6 Å². The number of benzene rings is 1. The topological polar surface area (TPSA) is 45.7 Å². The van der Waals surface area contributed by atoms with Crippen molar-refractivity contribution >= 4 is 17.6 Å². The van der Waals surface area contributed by atoms with Crippen molar-refractivity contribution in [2.24, 2.45) is 4.99 Å². The number of aliphatic imine (C=N–C) groups is 1. The van der Waals surface area contributed by atoms with Crippen LogP contribution < -0.4 is 10.6 Å². The largest absolute Gasteiger partial charge is 0.376 e. The Morgan fingerprint density at radius 3 is 2.83 bits per heavy atom. The van der Waals surface area contributed by atoms with Crippen LogP contribution in [0.15, 0.2) is 23.2 Å². The van der Waals surface area contributed by atoms with Gasteiger partial charge in [0.25, 0.3) is 0 Å². The van der Waals surface area contributed by atoms with Crippen molar-refractivity contribution in [2.45, 2.75) is 38.2 Å². The lowest BCUT2D eigenvalue weighted by Gasteiger charge is -2.28. The van der Waals surface area contributed by atoms with Gasteiger partial charge in [-0.3, -0.25) is 4.99 Å². The van der Waals surface area contributed by atoms with Crippen LogP contribution in [0.5, 0.6) is 0 Å². The molecule has 1 heterocycles. The molecule has 2 N–H and O–H groups in total. The summed E-state index contributed by atoms with van der Waals surface area (Å²) in [5, 5.41) is 7.03. The fraction of sp³-hybridized carbons (Fsp3) is 0.588. The van der Waals surface area contributed by atoms with Crippen LogP contribution in [0.1, 0.15) is 32.3 Å². The smallest absolute Gasteiger partial charge is 0.191 e. The summed E-state index contributed by atoms with van der Waals surface area (Å²) >= 11 is 6.18. The van der Waals surface area contributed by atoms with Crippen molar-refractivity contribution in [3.8, 4) is 0 Å². The molecule has 1 aromatic rings. The van der Waals surface area contributed by atoms with Crippen LogP contribution in [0.4, 0.5) is 4.39 Å². The van der Waals surface area contributed by atoms with Crippen LogP contribution in [-0.2, 0) is 10.2 Å². The lowest BCUT2D eigenvalue weighted by atomic mass is 9.84. The van der Waals surface area contributed by atoms with E-state index < -0.39 is 0 Å². The van der Waals surface area contributed by atoms with E-state index >= 15 is 0 Å². The van der Waals surface area contributed by atoms with Crippen molar-refractivity contribution in [3.05, 3.63) is 34.6 Å². The van der Waals surface area contributed by atoms with Crippen molar-refractivity contribution in [2.75, 3.05) is 26.7 Å². The molecular formula is C17H25ClFN3O. The van der Waals surface area contributed by atoms with E-state index in [0.29, 0.717) is 11.6 Å². The standard InChI is InChI=1S/C17H25ClFN3O/c1-17(2,14-7-6-12(19)9-15(14)18)11-22-16(20-3)21-10-13-5-4-8-23-13/h6-7,9,13H,4-5,8,10-11H2,1-3H3,(H2,20,21,22). The Balaban J connectivity index is 1.91. The molecule has 4 nitrogen and oxygen atoms in total. The lowest BCUT2D eigenvalue weighted by Crippen LogP contribution is -2.45. The highest BCUT2D eigenvalue weighted by molar-refractivity contribution is 6.31. The van der Waals surface area contributed by atoms with E-state index in [-0.39, 0.29) is 17.3 Å². The van der Waals surface area contributed by atoms with E-state index in [1.165, 1.54) is 12.1 Å². The molecule has 1 aromatic carbocycles. The highest BCUT2D eigenvalue weighted by Crippen LogP contribution is 2.29. The van der Waals surface area contributed by atoms with E-state index in [2.05, 4.69) is 29.5 Å². The molecule has 1 unspecified atom stereocenters. The SMILES string of the molecule is CN=C(NCC1CCCO1)NCC(C)(C)c1ccc(F)cc1Cl. The zero-order chi connectivity index (χ0) is 16.9. The van der Waals surface area contributed by atoms with Gasteiger partial charge in [0.15, 0.2) is 5.96 Å². The molecule has 23 heavy (non-hydrogen) atoms. The molecule has 0 aromatic heterocycles. The third kappa shape index (κ3) is 5.08. The maximum absolute atomic E-state index is 13.2. The quantitative estimate of drug-likeness (QED) is 0.639. The number of rotatable bonds is 5. The predicted octanol–water partition coefficient (Wildman–Crippen LogP) is 3.10. The van der Waals surface area contributed by atoms with Gasteiger partial charge in [0, 0.05) is 37.2 Å². The Bertz CT molecular complexity index is 557. The first-order valence-electron chi connectivity index (χ1n) is 7.94. The van der Waals surface area contributed by atoms with E-state index in [1.54, 1.807) is 13.1 Å². The third-order valence-electron chi connectivity index (χ3n) is 4.10. The first-order valence-corrected chi connectivity index (χ1v) is 8.32. The molecule has 0 spiro atoms. The highest BCUT2D eigenvalue weighted by atomic mass is 35.5. The third-order valence-corrected chi connectivity index (χ3v) is 4.42. The van der Waals surface area contributed by atoms with Gasteiger partial charge in [0.1, 0.15) is 5.82 Å². The van der Waals surface area contributed by atoms with Gasteiger partial charge in [0.05, 0.1) is 6.10 Å². The second-order valence-corrected chi connectivity index (χ2v) is 6.86. The van der Waals surface area contributed by atoms with Crippen LogP contribution in [0.25, 0.3) is 0 Å². The Morgan fingerprint density at radius 2 is 2.22 bits per heavy atom. The zero-order valence-corrected chi connectivity index (χ0v) is 14.7. The van der Waals surface area contributed by atoms with Gasteiger partial charge in [-0.25, -0.2) is 4.39 Å². The van der Waals surface area contributed by atoms with Crippen molar-refractivity contribution < 1.29 is 9.13 Å². The number of nitrogens with one attached hydrogen (secondary N) is 2. The summed E-state index contributed by atoms with van der Waals surface area (Å²) < 4.78 is 18.8. The summed E-state index contributed by atoms with van der Waals surface area (Å²) in [6.07, 6.45) is 2.46. The summed E-state index contributed by atoms with van der Waals surface area (Å²) in [6.45, 7) is 6.34. The van der Waals surface area contributed by atoms with Crippen LogP contribution in [-0.4, -0.2) is 38.8 Å². The number of nitrogens with zero attached hydrogens (tertiary/aromatic N) is 1. The molecule has 1 aliphatic rings. The Labute approximate surface area is 142 Å². The van der Waals surface area contributed by atoms with Crippen molar-refractivity contribution in [1.82, 2.24) is 10.6 Å². The highest BCUT2D eigenvalue weighted by Gasteiger charge is 2.24. The Kier molecular flexibility index (Phi) is 6.25. The molecule has 0 bridgehead atoms. The van der Waals surface area contributed by atoms with Gasteiger partial charge >= 0.3 is 0 Å². The van der Waals surface area contributed by atoms with Crippen molar-refractivity contribution in [1.29, 1.82) is 0 Å². The summed E-state index contributed by atoms with van der Waals surface area (Å²) in [5.41, 5.74) is 0.648. The maximum atomic E-state index is 13.2. The molecular weight excluding hydrogens is 317 g/mol. The zero-order valence-electron chi connectivity index (χ0n) is 14.0.